The van der Waals surface area contributed by atoms with Crippen molar-refractivity contribution in [2.75, 3.05) is 0 Å². The predicted molar refractivity (Wildman–Crippen MR) is 98.2 cm³/mol. The zero-order valence-corrected chi connectivity index (χ0v) is 14.3. The van der Waals surface area contributed by atoms with Crippen LogP contribution in [0.4, 0.5) is 0 Å². The smallest absolute Gasteiger partial charge is 0.198 e. The van der Waals surface area contributed by atoms with E-state index in [-0.39, 0.29) is 11.0 Å². The van der Waals surface area contributed by atoms with Crippen LogP contribution in [0.2, 0.25) is 0 Å². The van der Waals surface area contributed by atoms with E-state index in [0.29, 0.717) is 18.4 Å². The van der Waals surface area contributed by atoms with Gasteiger partial charge in [0.2, 0.25) is 0 Å². The molecule has 4 rings (SSSR count). The van der Waals surface area contributed by atoms with E-state index in [1.807, 2.05) is 48.0 Å². The molecule has 1 saturated carbocycles. The van der Waals surface area contributed by atoms with Gasteiger partial charge in [-0.15, -0.1) is 0 Å². The Morgan fingerprint density at radius 3 is 2.56 bits per heavy atom. The Morgan fingerprint density at radius 1 is 1.08 bits per heavy atom. The fraction of sp³-hybridized carbons (Fsp3) is 0.333. The third-order valence-electron chi connectivity index (χ3n) is 5.48. The molecule has 2 aliphatic carbocycles. The van der Waals surface area contributed by atoms with Gasteiger partial charge in [-0.3, -0.25) is 9.59 Å². The number of nitrogens with zero attached hydrogens (tertiary/aromatic N) is 1. The minimum absolute atomic E-state index is 0.104. The number of para-hydroxylation sites is 1. The van der Waals surface area contributed by atoms with E-state index in [4.69, 9.17) is 0 Å². The van der Waals surface area contributed by atoms with Gasteiger partial charge in [-0.2, -0.15) is 0 Å². The molecule has 0 spiro atoms. The zero-order valence-electron chi connectivity index (χ0n) is 14.3. The number of hydrogen-bond donors (Lipinski definition) is 1. The third kappa shape index (κ3) is 2.48. The lowest BCUT2D eigenvalue weighted by molar-refractivity contribution is 0.0115. The lowest BCUT2D eigenvalue weighted by Gasteiger charge is -2.30. The lowest BCUT2D eigenvalue weighted by Crippen LogP contribution is -2.42. The van der Waals surface area contributed by atoms with E-state index in [1.54, 1.807) is 6.07 Å². The van der Waals surface area contributed by atoms with Gasteiger partial charge >= 0.3 is 0 Å². The quantitative estimate of drug-likeness (QED) is 0.576. The highest BCUT2D eigenvalue weighted by Crippen LogP contribution is 2.32. The Hall–Kier alpha value is -2.46. The van der Waals surface area contributed by atoms with Gasteiger partial charge in [0.15, 0.2) is 11.2 Å². The summed E-state index contributed by atoms with van der Waals surface area (Å²) in [6, 6.07) is 13.1. The van der Waals surface area contributed by atoms with Gasteiger partial charge in [-0.1, -0.05) is 37.5 Å². The Balaban J connectivity index is 1.91. The average Bonchev–Trinajstić information content (AvgIpc) is 2.63. The number of ketones is 1. The number of hydrogen-bond acceptors (Lipinski definition) is 3. The van der Waals surface area contributed by atoms with Gasteiger partial charge in [0, 0.05) is 18.1 Å². The Bertz CT molecular complexity index is 996. The molecule has 1 aromatic rings. The van der Waals surface area contributed by atoms with Gasteiger partial charge in [0.1, 0.15) is 5.60 Å². The number of carbonyl (C=O) groups excluding carboxylic acids is 1. The Kier molecular flexibility index (Phi) is 3.73. The van der Waals surface area contributed by atoms with Crippen molar-refractivity contribution in [3.8, 4) is 11.3 Å². The number of carbonyl (C=O) groups is 1. The van der Waals surface area contributed by atoms with Crippen molar-refractivity contribution < 1.29 is 9.90 Å². The number of benzene rings is 2. The van der Waals surface area contributed by atoms with Gasteiger partial charge in [-0.25, -0.2) is 0 Å². The van der Waals surface area contributed by atoms with Gasteiger partial charge in [-0.05, 0) is 42.5 Å². The molecule has 0 amide bonds. The topological polar surface area (TPSA) is 59.3 Å². The van der Waals surface area contributed by atoms with Gasteiger partial charge < -0.3 is 9.67 Å². The van der Waals surface area contributed by atoms with Crippen LogP contribution in [0.25, 0.3) is 22.2 Å². The number of Topliss-reactive ketones (excluding diaryl/α,β-unsaturated/α-hetero) is 1. The molecular weight excluding hydrogens is 314 g/mol. The average molecular weight is 335 g/mol. The summed E-state index contributed by atoms with van der Waals surface area (Å²) in [6.07, 6.45) is 3.55. The maximum absolute atomic E-state index is 13.0. The molecule has 0 saturated heterocycles. The molecule has 0 atom stereocenters. The summed E-state index contributed by atoms with van der Waals surface area (Å²) in [4.78, 5) is 25.9. The van der Waals surface area contributed by atoms with Crippen LogP contribution in [0.15, 0.2) is 47.3 Å². The second-order valence-corrected chi connectivity index (χ2v) is 7.06. The standard InChI is InChI=1S/C21H21NO3/c1-22-17-8-4-3-7-14(17)13-16-18(22)10-9-15(19(16)23)20(24)21(25)11-5-2-6-12-21/h3-4,7-10,13,25H,2,5-6,11-12H2,1H3. The molecule has 25 heavy (non-hydrogen) atoms. The molecule has 0 aromatic heterocycles. The molecule has 0 unspecified atom stereocenters. The summed E-state index contributed by atoms with van der Waals surface area (Å²) < 4.78 is 1.97. The van der Waals surface area contributed by atoms with Crippen LogP contribution in [0.3, 0.4) is 0 Å². The van der Waals surface area contributed by atoms with Crippen LogP contribution < -0.4 is 5.43 Å². The lowest BCUT2D eigenvalue weighted by atomic mass is 9.79. The fourth-order valence-corrected chi connectivity index (χ4v) is 4.01. The van der Waals surface area contributed by atoms with E-state index in [2.05, 4.69) is 0 Å². The highest BCUT2D eigenvalue weighted by molar-refractivity contribution is 6.03. The molecule has 1 fully saturated rings. The van der Waals surface area contributed by atoms with Gasteiger partial charge in [0.25, 0.3) is 0 Å². The number of rotatable bonds is 2. The second kappa shape index (κ2) is 5.81. The third-order valence-corrected chi connectivity index (χ3v) is 5.48. The Labute approximate surface area is 146 Å². The number of aliphatic hydroxyl groups is 1. The van der Waals surface area contributed by atoms with Crippen molar-refractivity contribution >= 4 is 16.7 Å². The van der Waals surface area contributed by atoms with Crippen LogP contribution in [0, 0.1) is 0 Å². The van der Waals surface area contributed by atoms with Crippen LogP contribution >= 0.6 is 0 Å². The fourth-order valence-electron chi connectivity index (χ4n) is 4.01. The number of aryl methyl sites for hydroxylation is 1. The highest BCUT2D eigenvalue weighted by atomic mass is 16.3. The minimum Gasteiger partial charge on any atom is -0.382 e. The number of aromatic nitrogens is 1. The van der Waals surface area contributed by atoms with Crippen molar-refractivity contribution in [3.05, 3.63) is 58.3 Å². The molecule has 1 heterocycles. The maximum Gasteiger partial charge on any atom is 0.198 e. The number of pyridine rings is 1. The SMILES string of the molecule is Cn1c2ccc(C(=O)C3(O)CCCCC3)c(=O)c-2cc2ccccc21. The Morgan fingerprint density at radius 2 is 1.80 bits per heavy atom. The molecular formula is C21H21NO3. The summed E-state index contributed by atoms with van der Waals surface area (Å²) in [5.41, 5.74) is 0.765. The summed E-state index contributed by atoms with van der Waals surface area (Å²) in [6.45, 7) is 0. The van der Waals surface area contributed by atoms with E-state index in [9.17, 15) is 14.7 Å². The summed E-state index contributed by atoms with van der Waals surface area (Å²) in [5, 5.41) is 11.7. The van der Waals surface area contributed by atoms with E-state index >= 15 is 0 Å². The molecule has 1 N–H and O–H groups in total. The van der Waals surface area contributed by atoms with E-state index < -0.39 is 11.4 Å². The zero-order chi connectivity index (χ0) is 17.6. The highest BCUT2D eigenvalue weighted by Gasteiger charge is 2.39. The molecule has 128 valence electrons. The second-order valence-electron chi connectivity index (χ2n) is 7.06. The van der Waals surface area contributed by atoms with Crippen molar-refractivity contribution in [2.45, 2.75) is 37.7 Å². The molecule has 3 aliphatic rings. The van der Waals surface area contributed by atoms with Crippen LogP contribution in [-0.2, 0) is 7.05 Å². The largest absolute Gasteiger partial charge is 0.382 e. The van der Waals surface area contributed by atoms with Crippen LogP contribution in [0.5, 0.6) is 0 Å². The summed E-state index contributed by atoms with van der Waals surface area (Å²) in [5.74, 6) is -0.421. The first kappa shape index (κ1) is 16.0. The van der Waals surface area contributed by atoms with E-state index in [1.165, 1.54) is 0 Å². The first-order chi connectivity index (χ1) is 12.0. The van der Waals surface area contributed by atoms with Crippen LogP contribution in [0.1, 0.15) is 42.5 Å². The molecule has 4 nitrogen and oxygen atoms in total. The van der Waals surface area contributed by atoms with E-state index in [0.717, 1.165) is 35.9 Å². The number of fused-ring (bicyclic) bond motifs is 2. The maximum atomic E-state index is 13.0. The molecule has 0 bridgehead atoms. The molecule has 4 heteroatoms. The predicted octanol–water partition coefficient (Wildman–Crippen LogP) is 3.52. The molecule has 1 aromatic carbocycles. The van der Waals surface area contributed by atoms with Gasteiger partial charge in [0.05, 0.1) is 11.3 Å². The van der Waals surface area contributed by atoms with Crippen molar-refractivity contribution in [1.82, 2.24) is 4.57 Å². The first-order valence-electron chi connectivity index (χ1n) is 8.80. The van der Waals surface area contributed by atoms with Crippen molar-refractivity contribution in [2.24, 2.45) is 7.05 Å². The molecule has 0 radical (unpaired) electrons. The first-order valence-corrected chi connectivity index (χ1v) is 8.80. The molecule has 1 aliphatic heterocycles. The summed E-state index contributed by atoms with van der Waals surface area (Å²) in [7, 11) is 1.92. The van der Waals surface area contributed by atoms with Crippen LogP contribution in [-0.4, -0.2) is 21.1 Å². The summed E-state index contributed by atoms with van der Waals surface area (Å²) >= 11 is 0. The van der Waals surface area contributed by atoms with Crippen molar-refractivity contribution in [3.63, 3.8) is 0 Å². The monoisotopic (exact) mass is 335 g/mol. The minimum atomic E-state index is -1.38. The van der Waals surface area contributed by atoms with Crippen molar-refractivity contribution in [1.29, 1.82) is 0 Å². The normalized spacial score (nSPS) is 17.0.